The number of nitrogens with one attached hydrogen (secondary N) is 1. The van der Waals surface area contributed by atoms with E-state index in [2.05, 4.69) is 15.5 Å². The van der Waals surface area contributed by atoms with E-state index in [1.165, 1.54) is 0 Å². The van der Waals surface area contributed by atoms with E-state index in [-0.39, 0.29) is 31.1 Å². The van der Waals surface area contributed by atoms with Crippen LogP contribution in [-0.2, 0) is 4.79 Å². The van der Waals surface area contributed by atoms with Gasteiger partial charge in [-0.2, -0.15) is 4.98 Å². The summed E-state index contributed by atoms with van der Waals surface area (Å²) in [5, 5.41) is 6.16. The molecule has 2 atom stereocenters. The van der Waals surface area contributed by atoms with Crippen LogP contribution in [0.4, 0.5) is 8.78 Å². The van der Waals surface area contributed by atoms with E-state index in [9.17, 15) is 18.4 Å². The van der Waals surface area contributed by atoms with Gasteiger partial charge in [-0.15, -0.1) is 0 Å². The maximum atomic E-state index is 13.6. The molecule has 0 saturated heterocycles. The minimum absolute atomic E-state index is 0.182. The molecule has 1 aromatic heterocycles. The molecule has 1 fully saturated rings. The zero-order valence-corrected chi connectivity index (χ0v) is 14.4. The first-order valence-corrected chi connectivity index (χ1v) is 8.59. The number of carbonyl (C=O) groups excluding carboxylic acids is 2. The molecular weight excluding hydrogens is 334 g/mol. The van der Waals surface area contributed by atoms with Crippen molar-refractivity contribution in [1.29, 1.82) is 0 Å². The average Bonchev–Trinajstić information content (AvgIpc) is 3.28. The maximum Gasteiger partial charge on any atom is 0.296 e. The number of hydrogen-bond acceptors (Lipinski definition) is 6. The van der Waals surface area contributed by atoms with Gasteiger partial charge in [-0.3, -0.25) is 9.59 Å². The molecule has 1 amide bonds. The SMILES string of the molecule is CCCC(F)(F)C[C@@H](N)C(=O)N[C@H](CC)C(=O)c1nc(C2CC2)no1. The minimum atomic E-state index is -3.01. The Balaban J connectivity index is 1.94. The van der Waals surface area contributed by atoms with Crippen LogP contribution in [0.2, 0.25) is 0 Å². The number of nitrogens with two attached hydrogens (primary N) is 1. The average molecular weight is 358 g/mol. The summed E-state index contributed by atoms with van der Waals surface area (Å²) in [5.74, 6) is -3.81. The van der Waals surface area contributed by atoms with Gasteiger partial charge in [0.2, 0.25) is 17.6 Å². The minimum Gasteiger partial charge on any atom is -0.344 e. The van der Waals surface area contributed by atoms with Crippen LogP contribution in [0.15, 0.2) is 4.52 Å². The summed E-state index contributed by atoms with van der Waals surface area (Å²) < 4.78 is 32.2. The van der Waals surface area contributed by atoms with E-state index >= 15 is 0 Å². The van der Waals surface area contributed by atoms with Gasteiger partial charge in [0.05, 0.1) is 12.1 Å². The predicted octanol–water partition coefficient (Wildman–Crippen LogP) is 2.18. The lowest BCUT2D eigenvalue weighted by Crippen LogP contribution is -2.50. The molecule has 1 aliphatic carbocycles. The van der Waals surface area contributed by atoms with E-state index in [1.54, 1.807) is 13.8 Å². The topological polar surface area (TPSA) is 111 Å². The molecule has 0 aliphatic heterocycles. The Morgan fingerprint density at radius 1 is 1.40 bits per heavy atom. The first kappa shape index (κ1) is 19.4. The Labute approximate surface area is 144 Å². The van der Waals surface area contributed by atoms with Crippen molar-refractivity contribution in [1.82, 2.24) is 15.5 Å². The Hall–Kier alpha value is -1.90. The molecule has 0 aromatic carbocycles. The van der Waals surface area contributed by atoms with Crippen LogP contribution < -0.4 is 11.1 Å². The van der Waals surface area contributed by atoms with Gasteiger partial charge in [0.1, 0.15) is 0 Å². The highest BCUT2D eigenvalue weighted by Crippen LogP contribution is 2.38. The third kappa shape index (κ3) is 5.29. The Kier molecular flexibility index (Phi) is 6.21. The van der Waals surface area contributed by atoms with Crippen molar-refractivity contribution in [2.75, 3.05) is 0 Å². The normalized spacial score (nSPS) is 17.2. The zero-order chi connectivity index (χ0) is 18.6. The zero-order valence-electron chi connectivity index (χ0n) is 14.4. The molecular formula is C16H24F2N4O3. The summed E-state index contributed by atoms with van der Waals surface area (Å²) in [7, 11) is 0. The number of nitrogens with zero attached hydrogens (tertiary/aromatic N) is 2. The Morgan fingerprint density at radius 2 is 2.08 bits per heavy atom. The second kappa shape index (κ2) is 7.99. The monoisotopic (exact) mass is 358 g/mol. The van der Waals surface area contributed by atoms with Crippen LogP contribution in [-0.4, -0.2) is 39.8 Å². The molecule has 9 heteroatoms. The number of amides is 1. The fraction of sp³-hybridized carbons (Fsp3) is 0.750. The summed E-state index contributed by atoms with van der Waals surface area (Å²) >= 11 is 0. The molecule has 0 unspecified atom stereocenters. The van der Waals surface area contributed by atoms with Crippen LogP contribution in [0.1, 0.15) is 74.8 Å². The van der Waals surface area contributed by atoms with Gasteiger partial charge in [0.15, 0.2) is 5.82 Å². The second-order valence-electron chi connectivity index (χ2n) is 6.48. The quantitative estimate of drug-likeness (QED) is 0.620. The first-order chi connectivity index (χ1) is 11.8. The van der Waals surface area contributed by atoms with E-state index < -0.39 is 36.1 Å². The van der Waals surface area contributed by atoms with Crippen molar-refractivity contribution in [3.63, 3.8) is 0 Å². The van der Waals surface area contributed by atoms with Gasteiger partial charge in [0.25, 0.3) is 5.89 Å². The molecule has 0 spiro atoms. The number of carbonyl (C=O) groups is 2. The molecule has 0 radical (unpaired) electrons. The first-order valence-electron chi connectivity index (χ1n) is 8.59. The van der Waals surface area contributed by atoms with Crippen molar-refractivity contribution in [2.24, 2.45) is 5.73 Å². The van der Waals surface area contributed by atoms with Crippen LogP contribution in [0.3, 0.4) is 0 Å². The van der Waals surface area contributed by atoms with Crippen molar-refractivity contribution in [2.45, 2.75) is 76.3 Å². The molecule has 3 N–H and O–H groups in total. The summed E-state index contributed by atoms with van der Waals surface area (Å²) in [4.78, 5) is 28.5. The van der Waals surface area contributed by atoms with Gasteiger partial charge in [-0.25, -0.2) is 8.78 Å². The molecule has 1 saturated carbocycles. The van der Waals surface area contributed by atoms with E-state index in [1.807, 2.05) is 0 Å². The summed E-state index contributed by atoms with van der Waals surface area (Å²) in [5.41, 5.74) is 5.57. The van der Waals surface area contributed by atoms with Crippen molar-refractivity contribution < 1.29 is 22.9 Å². The van der Waals surface area contributed by atoms with Gasteiger partial charge >= 0.3 is 0 Å². The molecule has 25 heavy (non-hydrogen) atoms. The highest BCUT2D eigenvalue weighted by molar-refractivity contribution is 5.99. The van der Waals surface area contributed by atoms with Crippen LogP contribution in [0.5, 0.6) is 0 Å². The molecule has 1 heterocycles. The molecule has 1 aromatic rings. The van der Waals surface area contributed by atoms with Crippen molar-refractivity contribution in [3.8, 4) is 0 Å². The number of aromatic nitrogens is 2. The number of rotatable bonds is 10. The predicted molar refractivity (Wildman–Crippen MR) is 85.3 cm³/mol. The van der Waals surface area contributed by atoms with Crippen LogP contribution in [0, 0.1) is 0 Å². The largest absolute Gasteiger partial charge is 0.344 e. The number of ketones is 1. The Bertz CT molecular complexity index is 616. The molecule has 1 aliphatic rings. The van der Waals surface area contributed by atoms with Crippen LogP contribution >= 0.6 is 0 Å². The molecule has 0 bridgehead atoms. The fourth-order valence-corrected chi connectivity index (χ4v) is 2.51. The number of Topliss-reactive ketones (excluding diaryl/α,β-unsaturated/α-hetero) is 1. The lowest BCUT2D eigenvalue weighted by atomic mass is 10.0. The van der Waals surface area contributed by atoms with E-state index in [0.29, 0.717) is 5.82 Å². The van der Waals surface area contributed by atoms with E-state index in [0.717, 1.165) is 12.8 Å². The van der Waals surface area contributed by atoms with Crippen LogP contribution in [0.25, 0.3) is 0 Å². The number of alkyl halides is 2. The van der Waals surface area contributed by atoms with Gasteiger partial charge in [0, 0.05) is 18.8 Å². The van der Waals surface area contributed by atoms with Gasteiger partial charge < -0.3 is 15.6 Å². The summed E-state index contributed by atoms with van der Waals surface area (Å²) in [6.07, 6.45) is 1.37. The lowest BCUT2D eigenvalue weighted by Gasteiger charge is -2.21. The lowest BCUT2D eigenvalue weighted by molar-refractivity contribution is -0.125. The highest BCUT2D eigenvalue weighted by Gasteiger charge is 2.35. The van der Waals surface area contributed by atoms with Gasteiger partial charge in [-0.1, -0.05) is 25.4 Å². The smallest absolute Gasteiger partial charge is 0.296 e. The number of halogens is 2. The fourth-order valence-electron chi connectivity index (χ4n) is 2.51. The molecule has 140 valence electrons. The van der Waals surface area contributed by atoms with Crippen molar-refractivity contribution >= 4 is 11.7 Å². The highest BCUT2D eigenvalue weighted by atomic mass is 19.3. The maximum absolute atomic E-state index is 13.6. The third-order valence-corrected chi connectivity index (χ3v) is 4.11. The molecule has 7 nitrogen and oxygen atoms in total. The van der Waals surface area contributed by atoms with Crippen molar-refractivity contribution in [3.05, 3.63) is 11.7 Å². The summed E-state index contributed by atoms with van der Waals surface area (Å²) in [6, 6.07) is -2.33. The summed E-state index contributed by atoms with van der Waals surface area (Å²) in [6.45, 7) is 3.31. The third-order valence-electron chi connectivity index (χ3n) is 4.11. The molecule has 2 rings (SSSR count). The van der Waals surface area contributed by atoms with Gasteiger partial charge in [-0.05, 0) is 19.3 Å². The number of hydrogen-bond donors (Lipinski definition) is 2. The van der Waals surface area contributed by atoms with E-state index in [4.69, 9.17) is 10.3 Å². The standard InChI is InChI=1S/C16H24F2N4O3/c1-3-7-16(17,18)8-10(19)14(24)20-11(4-2)12(23)15-21-13(22-25-15)9-5-6-9/h9-11H,3-8,19H2,1-2H3,(H,20,24)/t10-,11-/m1/s1. The second-order valence-corrected chi connectivity index (χ2v) is 6.48. The Morgan fingerprint density at radius 3 is 2.64 bits per heavy atom.